The molecular weight excluding hydrogens is 204 g/mol. The van der Waals surface area contributed by atoms with Crippen molar-refractivity contribution in [3.05, 3.63) is 21.9 Å². The van der Waals surface area contributed by atoms with E-state index in [1.807, 2.05) is 11.3 Å². The lowest BCUT2D eigenvalue weighted by atomic mass is 9.92. The topological polar surface area (TPSA) is 38.0 Å². The Hall–Kier alpha value is -0.380. The predicted octanol–water partition coefficient (Wildman–Crippen LogP) is 2.42. The van der Waals surface area contributed by atoms with Gasteiger partial charge in [0.15, 0.2) is 0 Å². The van der Waals surface area contributed by atoms with Crippen LogP contribution in [0, 0.1) is 6.92 Å². The Morgan fingerprint density at radius 3 is 2.73 bits per heavy atom. The fourth-order valence-corrected chi connectivity index (χ4v) is 3.00. The monoisotopic (exact) mass is 224 g/mol. The lowest BCUT2D eigenvalue weighted by Gasteiger charge is -2.26. The first-order chi connectivity index (χ1) is 7.25. The molecule has 0 bridgehead atoms. The van der Waals surface area contributed by atoms with Crippen molar-refractivity contribution in [2.45, 2.75) is 51.2 Å². The van der Waals surface area contributed by atoms with Gasteiger partial charge in [0.05, 0.1) is 0 Å². The number of rotatable bonds is 3. The Morgan fingerprint density at radius 1 is 1.40 bits per heavy atom. The Labute approximate surface area is 95.9 Å². The summed E-state index contributed by atoms with van der Waals surface area (Å²) in [5.74, 6) is 0. The number of nitrogens with two attached hydrogens (primary N) is 1. The first-order valence-corrected chi connectivity index (χ1v) is 6.65. The summed E-state index contributed by atoms with van der Waals surface area (Å²) in [6, 6.07) is 3.33. The van der Waals surface area contributed by atoms with Crippen LogP contribution in [0.4, 0.5) is 0 Å². The van der Waals surface area contributed by atoms with E-state index in [1.54, 1.807) is 0 Å². The number of nitrogens with one attached hydrogen (secondary N) is 1. The summed E-state index contributed by atoms with van der Waals surface area (Å²) < 4.78 is 0. The van der Waals surface area contributed by atoms with Gasteiger partial charge in [-0.05, 0) is 49.6 Å². The molecule has 1 saturated carbocycles. The SMILES string of the molecule is Cc1ccsc1CNC1CCC(N)CC1. The molecule has 2 rings (SSSR count). The molecule has 0 spiro atoms. The molecular formula is C12H20N2S. The van der Waals surface area contributed by atoms with Gasteiger partial charge < -0.3 is 11.1 Å². The van der Waals surface area contributed by atoms with Gasteiger partial charge in [0.2, 0.25) is 0 Å². The van der Waals surface area contributed by atoms with Crippen molar-refractivity contribution in [3.63, 3.8) is 0 Å². The second kappa shape index (κ2) is 5.10. The van der Waals surface area contributed by atoms with Gasteiger partial charge in [-0.25, -0.2) is 0 Å². The van der Waals surface area contributed by atoms with E-state index in [0.717, 1.165) is 6.54 Å². The molecule has 0 radical (unpaired) electrons. The molecule has 1 fully saturated rings. The Bertz CT molecular complexity index is 300. The van der Waals surface area contributed by atoms with Crippen LogP contribution in [0.3, 0.4) is 0 Å². The summed E-state index contributed by atoms with van der Waals surface area (Å²) in [4.78, 5) is 1.48. The Morgan fingerprint density at radius 2 is 2.13 bits per heavy atom. The van der Waals surface area contributed by atoms with E-state index in [2.05, 4.69) is 23.7 Å². The fraction of sp³-hybridized carbons (Fsp3) is 0.667. The smallest absolute Gasteiger partial charge is 0.0304 e. The zero-order valence-corrected chi connectivity index (χ0v) is 10.1. The maximum Gasteiger partial charge on any atom is 0.0304 e. The second-order valence-electron chi connectivity index (χ2n) is 4.52. The largest absolute Gasteiger partial charge is 0.328 e. The number of aryl methyl sites for hydroxylation is 1. The standard InChI is InChI=1S/C12H20N2S/c1-9-6-7-15-12(9)8-14-11-4-2-10(13)3-5-11/h6-7,10-11,14H,2-5,8,13H2,1H3. The minimum atomic E-state index is 0.450. The number of hydrogen-bond donors (Lipinski definition) is 2. The van der Waals surface area contributed by atoms with Crippen LogP contribution in [-0.4, -0.2) is 12.1 Å². The van der Waals surface area contributed by atoms with Crippen LogP contribution in [0.1, 0.15) is 36.1 Å². The van der Waals surface area contributed by atoms with Crippen LogP contribution in [0.2, 0.25) is 0 Å². The van der Waals surface area contributed by atoms with Crippen LogP contribution in [-0.2, 0) is 6.54 Å². The third kappa shape index (κ3) is 3.03. The van der Waals surface area contributed by atoms with Crippen molar-refractivity contribution in [3.8, 4) is 0 Å². The Balaban J connectivity index is 1.77. The molecule has 84 valence electrons. The van der Waals surface area contributed by atoms with Crippen molar-refractivity contribution >= 4 is 11.3 Å². The summed E-state index contributed by atoms with van der Waals surface area (Å²) in [6.07, 6.45) is 4.85. The van der Waals surface area contributed by atoms with Crippen LogP contribution in [0.15, 0.2) is 11.4 Å². The van der Waals surface area contributed by atoms with E-state index in [1.165, 1.54) is 36.1 Å². The van der Waals surface area contributed by atoms with Crippen molar-refractivity contribution in [1.29, 1.82) is 0 Å². The highest BCUT2D eigenvalue weighted by atomic mass is 32.1. The van der Waals surface area contributed by atoms with Gasteiger partial charge in [0.1, 0.15) is 0 Å². The molecule has 15 heavy (non-hydrogen) atoms. The van der Waals surface area contributed by atoms with Crippen LogP contribution < -0.4 is 11.1 Å². The van der Waals surface area contributed by atoms with E-state index in [-0.39, 0.29) is 0 Å². The minimum absolute atomic E-state index is 0.450. The molecule has 1 aromatic heterocycles. The lowest BCUT2D eigenvalue weighted by molar-refractivity contribution is 0.342. The Kier molecular flexibility index (Phi) is 3.78. The third-order valence-electron chi connectivity index (χ3n) is 3.29. The molecule has 0 amide bonds. The van der Waals surface area contributed by atoms with E-state index in [0.29, 0.717) is 12.1 Å². The summed E-state index contributed by atoms with van der Waals surface area (Å²) in [5, 5.41) is 5.81. The molecule has 1 heterocycles. The van der Waals surface area contributed by atoms with Crippen LogP contribution >= 0.6 is 11.3 Å². The number of thiophene rings is 1. The highest BCUT2D eigenvalue weighted by molar-refractivity contribution is 7.10. The predicted molar refractivity (Wildman–Crippen MR) is 66.1 cm³/mol. The van der Waals surface area contributed by atoms with Gasteiger partial charge in [-0.1, -0.05) is 0 Å². The van der Waals surface area contributed by atoms with E-state index in [4.69, 9.17) is 5.73 Å². The van der Waals surface area contributed by atoms with Crippen molar-refractivity contribution in [2.75, 3.05) is 0 Å². The molecule has 0 aromatic carbocycles. The van der Waals surface area contributed by atoms with Gasteiger partial charge >= 0.3 is 0 Å². The highest BCUT2D eigenvalue weighted by Crippen LogP contribution is 2.19. The molecule has 0 saturated heterocycles. The zero-order chi connectivity index (χ0) is 10.7. The van der Waals surface area contributed by atoms with Crippen LogP contribution in [0.5, 0.6) is 0 Å². The van der Waals surface area contributed by atoms with Crippen LogP contribution in [0.25, 0.3) is 0 Å². The molecule has 1 aromatic rings. The zero-order valence-electron chi connectivity index (χ0n) is 9.33. The molecule has 1 aliphatic rings. The average Bonchev–Trinajstić information content (AvgIpc) is 2.63. The molecule has 1 aliphatic carbocycles. The quantitative estimate of drug-likeness (QED) is 0.827. The number of hydrogen-bond acceptors (Lipinski definition) is 3. The van der Waals surface area contributed by atoms with Gasteiger partial charge in [-0.3, -0.25) is 0 Å². The maximum absolute atomic E-state index is 5.89. The van der Waals surface area contributed by atoms with Gasteiger partial charge in [0, 0.05) is 23.5 Å². The molecule has 2 nitrogen and oxygen atoms in total. The van der Waals surface area contributed by atoms with E-state index >= 15 is 0 Å². The van der Waals surface area contributed by atoms with E-state index < -0.39 is 0 Å². The van der Waals surface area contributed by atoms with Crippen molar-refractivity contribution in [1.82, 2.24) is 5.32 Å². The summed E-state index contributed by atoms with van der Waals surface area (Å²) in [5.41, 5.74) is 7.30. The average molecular weight is 224 g/mol. The lowest BCUT2D eigenvalue weighted by Crippen LogP contribution is -2.36. The first kappa shape index (κ1) is 11.1. The molecule has 0 atom stereocenters. The minimum Gasteiger partial charge on any atom is -0.328 e. The molecule has 3 N–H and O–H groups in total. The molecule has 3 heteroatoms. The van der Waals surface area contributed by atoms with Gasteiger partial charge in [-0.15, -0.1) is 11.3 Å². The fourth-order valence-electron chi connectivity index (χ4n) is 2.15. The summed E-state index contributed by atoms with van der Waals surface area (Å²) in [7, 11) is 0. The van der Waals surface area contributed by atoms with Crippen molar-refractivity contribution < 1.29 is 0 Å². The van der Waals surface area contributed by atoms with Gasteiger partial charge in [0.25, 0.3) is 0 Å². The second-order valence-corrected chi connectivity index (χ2v) is 5.52. The maximum atomic E-state index is 5.89. The summed E-state index contributed by atoms with van der Waals surface area (Å²) in [6.45, 7) is 3.22. The van der Waals surface area contributed by atoms with E-state index in [9.17, 15) is 0 Å². The molecule has 0 unspecified atom stereocenters. The molecule has 0 aliphatic heterocycles. The third-order valence-corrected chi connectivity index (χ3v) is 4.31. The highest BCUT2D eigenvalue weighted by Gasteiger charge is 2.17. The van der Waals surface area contributed by atoms with Crippen molar-refractivity contribution in [2.24, 2.45) is 5.73 Å². The van der Waals surface area contributed by atoms with Gasteiger partial charge in [-0.2, -0.15) is 0 Å². The normalized spacial score (nSPS) is 26.8. The first-order valence-electron chi connectivity index (χ1n) is 5.77. The summed E-state index contributed by atoms with van der Waals surface area (Å²) >= 11 is 1.85.